The van der Waals surface area contributed by atoms with Crippen molar-refractivity contribution in [1.82, 2.24) is 10.6 Å². The number of carbonyl (C=O) groups is 2. The number of carbonyl (C=O) groups excluding carboxylic acids is 2. The topological polar surface area (TPSA) is 84.0 Å². The minimum Gasteiger partial charge on any atom is -0.435 e. The molecule has 8 heteroatoms. The number of alkyl halides is 2. The molecule has 0 spiro atoms. The number of ether oxygens (including phenoxy) is 1. The zero-order valence-electron chi connectivity index (χ0n) is 15.7. The van der Waals surface area contributed by atoms with Crippen LogP contribution in [0.25, 0.3) is 0 Å². The summed E-state index contributed by atoms with van der Waals surface area (Å²) in [4.78, 5) is 23.7. The number of nitrogens with two attached hydrogens (primary N) is 1. The maximum absolute atomic E-state index is 12.3. The first-order chi connectivity index (χ1) is 13.3. The Bertz CT molecular complexity index is 768. The summed E-state index contributed by atoms with van der Waals surface area (Å²) in [5.74, 6) is -0.370. The van der Waals surface area contributed by atoms with Crippen LogP contribution in [0.4, 0.5) is 13.6 Å². The van der Waals surface area contributed by atoms with Crippen molar-refractivity contribution < 1.29 is 28.4 Å². The summed E-state index contributed by atoms with van der Waals surface area (Å²) < 4.78 is 29.0. The summed E-state index contributed by atoms with van der Waals surface area (Å²) in [5, 5.41) is 6.64. The van der Waals surface area contributed by atoms with Crippen LogP contribution in [0.15, 0.2) is 54.6 Å². The molecule has 0 saturated heterocycles. The Morgan fingerprint density at radius 2 is 1.61 bits per heavy atom. The van der Waals surface area contributed by atoms with E-state index in [9.17, 15) is 18.4 Å². The number of quaternary nitrogens is 1. The van der Waals surface area contributed by atoms with Gasteiger partial charge in [0.2, 0.25) is 0 Å². The van der Waals surface area contributed by atoms with Crippen LogP contribution in [0.5, 0.6) is 5.75 Å². The second-order valence-corrected chi connectivity index (χ2v) is 6.45. The van der Waals surface area contributed by atoms with Gasteiger partial charge < -0.3 is 15.4 Å². The first-order valence-corrected chi connectivity index (χ1v) is 8.88. The van der Waals surface area contributed by atoms with Crippen LogP contribution < -0.4 is 20.7 Å². The van der Waals surface area contributed by atoms with Crippen LogP contribution in [-0.2, 0) is 4.79 Å². The molecule has 2 aromatic carbocycles. The molecular formula is C20H24F2N3O3+. The molecule has 0 fully saturated rings. The molecule has 150 valence electrons. The number of hydrogen-bond acceptors (Lipinski definition) is 3. The van der Waals surface area contributed by atoms with Gasteiger partial charge in [0, 0.05) is 17.2 Å². The highest BCUT2D eigenvalue weighted by Gasteiger charge is 2.20. The van der Waals surface area contributed by atoms with Gasteiger partial charge in [0.15, 0.2) is 6.54 Å². The number of rotatable bonds is 8. The fraction of sp³-hybridized carbons (Fsp3) is 0.300. The van der Waals surface area contributed by atoms with E-state index >= 15 is 0 Å². The third kappa shape index (κ3) is 6.96. The maximum atomic E-state index is 12.3. The van der Waals surface area contributed by atoms with E-state index < -0.39 is 18.5 Å². The van der Waals surface area contributed by atoms with Crippen LogP contribution in [-0.4, -0.2) is 31.1 Å². The standard InChI is InChI=1S/C20H23F2N3O3/c1-13(2)24-20(27)25-17(26)12-23-18(14-6-4-3-5-7-14)15-8-10-16(11-9-15)28-19(21)22/h3-11,13,18-19,23H,12H2,1-2H3,(H2,24,25,26,27)/p+1/t18-/m1/s1. The van der Waals surface area contributed by atoms with Gasteiger partial charge in [0.05, 0.1) is 0 Å². The average molecular weight is 392 g/mol. The molecule has 3 amide bonds. The minimum absolute atomic E-state index is 0.0142. The molecule has 0 saturated carbocycles. The molecule has 0 aromatic heterocycles. The average Bonchev–Trinajstić information content (AvgIpc) is 2.63. The molecule has 0 radical (unpaired) electrons. The maximum Gasteiger partial charge on any atom is 0.387 e. The van der Waals surface area contributed by atoms with Crippen molar-refractivity contribution in [3.8, 4) is 5.75 Å². The van der Waals surface area contributed by atoms with Gasteiger partial charge in [-0.05, 0) is 38.1 Å². The van der Waals surface area contributed by atoms with Gasteiger partial charge in [-0.25, -0.2) is 4.79 Å². The third-order valence-electron chi connectivity index (χ3n) is 3.83. The van der Waals surface area contributed by atoms with Crippen LogP contribution in [0.3, 0.4) is 0 Å². The molecule has 1 atom stereocenters. The first-order valence-electron chi connectivity index (χ1n) is 8.88. The van der Waals surface area contributed by atoms with E-state index in [-0.39, 0.29) is 24.4 Å². The predicted molar refractivity (Wildman–Crippen MR) is 100.0 cm³/mol. The molecule has 6 nitrogen and oxygen atoms in total. The van der Waals surface area contributed by atoms with E-state index in [2.05, 4.69) is 15.4 Å². The summed E-state index contributed by atoms with van der Waals surface area (Å²) in [5.41, 5.74) is 1.75. The van der Waals surface area contributed by atoms with Crippen LogP contribution in [0.2, 0.25) is 0 Å². The second kappa shape index (κ2) is 10.4. The van der Waals surface area contributed by atoms with Gasteiger partial charge in [-0.15, -0.1) is 0 Å². The molecule has 28 heavy (non-hydrogen) atoms. The lowest BCUT2D eigenvalue weighted by molar-refractivity contribution is -0.676. The molecule has 0 heterocycles. The molecule has 0 unspecified atom stereocenters. The van der Waals surface area contributed by atoms with Gasteiger partial charge >= 0.3 is 12.6 Å². The van der Waals surface area contributed by atoms with Crippen molar-refractivity contribution in [2.24, 2.45) is 0 Å². The van der Waals surface area contributed by atoms with E-state index in [1.807, 2.05) is 30.3 Å². The Labute approximate surface area is 162 Å². The molecule has 2 rings (SSSR count). The van der Waals surface area contributed by atoms with Gasteiger partial charge in [-0.3, -0.25) is 10.1 Å². The van der Waals surface area contributed by atoms with Gasteiger partial charge in [0.1, 0.15) is 11.8 Å². The van der Waals surface area contributed by atoms with E-state index in [0.717, 1.165) is 11.1 Å². The second-order valence-electron chi connectivity index (χ2n) is 6.45. The number of urea groups is 1. The van der Waals surface area contributed by atoms with Crippen LogP contribution in [0, 0.1) is 0 Å². The number of nitrogens with one attached hydrogen (secondary N) is 2. The van der Waals surface area contributed by atoms with Crippen LogP contribution in [0.1, 0.15) is 31.0 Å². The van der Waals surface area contributed by atoms with Crippen molar-refractivity contribution in [2.75, 3.05) is 6.54 Å². The normalized spacial score (nSPS) is 11.9. The highest BCUT2D eigenvalue weighted by Crippen LogP contribution is 2.22. The molecule has 0 aliphatic rings. The van der Waals surface area contributed by atoms with Gasteiger partial charge in [0.25, 0.3) is 5.91 Å². The lowest BCUT2D eigenvalue weighted by Crippen LogP contribution is -2.88. The van der Waals surface area contributed by atoms with Crippen molar-refractivity contribution in [2.45, 2.75) is 32.5 Å². The fourth-order valence-corrected chi connectivity index (χ4v) is 2.68. The Morgan fingerprint density at radius 3 is 2.18 bits per heavy atom. The van der Waals surface area contributed by atoms with E-state index in [1.54, 1.807) is 31.3 Å². The summed E-state index contributed by atoms with van der Waals surface area (Å²) >= 11 is 0. The quantitative estimate of drug-likeness (QED) is 0.644. The van der Waals surface area contributed by atoms with E-state index in [4.69, 9.17) is 0 Å². The molecular weight excluding hydrogens is 368 g/mol. The van der Waals surface area contributed by atoms with Crippen molar-refractivity contribution >= 4 is 11.9 Å². The highest BCUT2D eigenvalue weighted by molar-refractivity contribution is 5.94. The molecule has 0 aliphatic heterocycles. The summed E-state index contributed by atoms with van der Waals surface area (Å²) in [7, 11) is 0. The Kier molecular flexibility index (Phi) is 7.88. The number of halogens is 2. The number of benzene rings is 2. The Hall–Kier alpha value is -3.00. The summed E-state index contributed by atoms with van der Waals surface area (Å²) in [6.45, 7) is 0.717. The molecule has 0 aliphatic carbocycles. The SMILES string of the molecule is CC(C)NC(=O)NC(=O)C[NH2+][C@H](c1ccccc1)c1ccc(OC(F)F)cc1. The lowest BCUT2D eigenvalue weighted by atomic mass is 9.98. The molecule has 0 bridgehead atoms. The zero-order valence-corrected chi connectivity index (χ0v) is 15.7. The van der Waals surface area contributed by atoms with Crippen molar-refractivity contribution in [3.05, 3.63) is 65.7 Å². The summed E-state index contributed by atoms with van der Waals surface area (Å²) in [6, 6.07) is 14.8. The summed E-state index contributed by atoms with van der Waals surface area (Å²) in [6.07, 6.45) is 0. The minimum atomic E-state index is -2.89. The van der Waals surface area contributed by atoms with Gasteiger partial charge in [-0.1, -0.05) is 30.3 Å². The van der Waals surface area contributed by atoms with Crippen molar-refractivity contribution in [3.63, 3.8) is 0 Å². The predicted octanol–water partition coefficient (Wildman–Crippen LogP) is 2.18. The molecule has 4 N–H and O–H groups in total. The Morgan fingerprint density at radius 1 is 1.00 bits per heavy atom. The van der Waals surface area contributed by atoms with E-state index in [0.29, 0.717) is 0 Å². The number of amides is 3. The lowest BCUT2D eigenvalue weighted by Gasteiger charge is -2.17. The Balaban J connectivity index is 2.08. The smallest absolute Gasteiger partial charge is 0.387 e. The van der Waals surface area contributed by atoms with Gasteiger partial charge in [-0.2, -0.15) is 8.78 Å². The van der Waals surface area contributed by atoms with Crippen LogP contribution >= 0.6 is 0 Å². The zero-order chi connectivity index (χ0) is 20.5. The number of imide groups is 1. The monoisotopic (exact) mass is 392 g/mol. The third-order valence-corrected chi connectivity index (χ3v) is 3.83. The first kappa shape index (κ1) is 21.3. The number of hydrogen-bond donors (Lipinski definition) is 3. The molecule has 2 aromatic rings. The van der Waals surface area contributed by atoms with E-state index in [1.165, 1.54) is 12.1 Å². The largest absolute Gasteiger partial charge is 0.435 e. The van der Waals surface area contributed by atoms with Crippen molar-refractivity contribution in [1.29, 1.82) is 0 Å². The fourth-order valence-electron chi connectivity index (χ4n) is 2.68. The highest BCUT2D eigenvalue weighted by atomic mass is 19.3.